The molecular formula is C35H39FN4S. The lowest BCUT2D eigenvalue weighted by Crippen LogP contribution is -2.10. The van der Waals surface area contributed by atoms with Crippen molar-refractivity contribution in [2.24, 2.45) is 5.41 Å². The summed E-state index contributed by atoms with van der Waals surface area (Å²) in [6.45, 7) is 22.7. The van der Waals surface area contributed by atoms with Crippen LogP contribution in [0.5, 0.6) is 0 Å². The number of aromatic amines is 1. The number of H-pyrrole nitrogens is 1. The topological polar surface area (TPSA) is 66.7 Å². The average Bonchev–Trinajstić information content (AvgIpc) is 3.51. The maximum atomic E-state index is 15.1. The van der Waals surface area contributed by atoms with Crippen molar-refractivity contribution in [2.45, 2.75) is 47.5 Å². The van der Waals surface area contributed by atoms with Crippen LogP contribution < -0.4 is 11.1 Å². The summed E-state index contributed by atoms with van der Waals surface area (Å²) >= 11 is 1.70. The third-order valence-electron chi connectivity index (χ3n) is 6.67. The first-order valence-electron chi connectivity index (χ1n) is 13.6. The SMILES string of the molecule is C=C/C=C(/c1ccc(C(=C)C)s1)c1cc(Cc2cc(-c3cncc(NC(=C)CC(C)(C)C)c3)cc(F)c2N)[nH]c1C. The van der Waals surface area contributed by atoms with E-state index in [-0.39, 0.29) is 11.1 Å². The number of rotatable bonds is 10. The lowest BCUT2D eigenvalue weighted by molar-refractivity contribution is 0.411. The van der Waals surface area contributed by atoms with Crippen molar-refractivity contribution in [3.8, 4) is 11.1 Å². The fraction of sp³-hybridized carbons (Fsp3) is 0.229. The Morgan fingerprint density at radius 3 is 2.49 bits per heavy atom. The lowest BCUT2D eigenvalue weighted by atomic mass is 9.91. The van der Waals surface area contributed by atoms with E-state index in [2.05, 4.69) is 74.0 Å². The molecule has 6 heteroatoms. The molecule has 0 atom stereocenters. The number of benzene rings is 1. The highest BCUT2D eigenvalue weighted by atomic mass is 32.1. The van der Waals surface area contributed by atoms with Crippen molar-refractivity contribution in [3.05, 3.63) is 124 Å². The summed E-state index contributed by atoms with van der Waals surface area (Å²) in [6, 6.07) is 11.7. The van der Waals surface area contributed by atoms with E-state index in [0.29, 0.717) is 17.5 Å². The number of allylic oxidation sites excluding steroid dienone is 4. The second kappa shape index (κ2) is 12.1. The second-order valence-corrected chi connectivity index (χ2v) is 12.8. The van der Waals surface area contributed by atoms with Crippen molar-refractivity contribution in [1.82, 2.24) is 9.97 Å². The Balaban J connectivity index is 1.63. The molecule has 0 fully saturated rings. The smallest absolute Gasteiger partial charge is 0.146 e. The van der Waals surface area contributed by atoms with Gasteiger partial charge in [0.1, 0.15) is 5.82 Å². The Bertz CT molecular complexity index is 1640. The molecule has 0 unspecified atom stereocenters. The molecule has 0 bridgehead atoms. The highest BCUT2D eigenvalue weighted by Gasteiger charge is 2.17. The Morgan fingerprint density at radius 1 is 1.10 bits per heavy atom. The molecule has 0 amide bonds. The van der Waals surface area contributed by atoms with Crippen LogP contribution in [0.3, 0.4) is 0 Å². The summed E-state index contributed by atoms with van der Waals surface area (Å²) < 4.78 is 15.1. The summed E-state index contributed by atoms with van der Waals surface area (Å²) in [7, 11) is 0. The number of nitrogens with zero attached hydrogens (tertiary/aromatic N) is 1. The monoisotopic (exact) mass is 566 g/mol. The normalized spacial score (nSPS) is 11.9. The zero-order valence-corrected chi connectivity index (χ0v) is 25.4. The molecule has 4 nitrogen and oxygen atoms in total. The van der Waals surface area contributed by atoms with Crippen LogP contribution in [0.15, 0.2) is 86.4 Å². The van der Waals surface area contributed by atoms with Gasteiger partial charge in [0.15, 0.2) is 0 Å². The van der Waals surface area contributed by atoms with E-state index in [4.69, 9.17) is 5.73 Å². The maximum Gasteiger partial charge on any atom is 0.146 e. The molecule has 4 N–H and O–H groups in total. The molecule has 1 aromatic carbocycles. The van der Waals surface area contributed by atoms with Gasteiger partial charge in [0, 0.05) is 56.2 Å². The molecule has 3 aromatic heterocycles. The number of nitrogens with one attached hydrogen (secondary N) is 2. The van der Waals surface area contributed by atoms with Gasteiger partial charge in [-0.3, -0.25) is 4.98 Å². The van der Waals surface area contributed by atoms with Gasteiger partial charge in [-0.1, -0.05) is 52.7 Å². The molecule has 212 valence electrons. The summed E-state index contributed by atoms with van der Waals surface area (Å²) in [4.78, 5) is 10.2. The largest absolute Gasteiger partial charge is 0.396 e. The predicted octanol–water partition coefficient (Wildman–Crippen LogP) is 9.77. The number of anilines is 2. The van der Waals surface area contributed by atoms with Gasteiger partial charge in [-0.25, -0.2) is 4.39 Å². The number of hydrogen-bond donors (Lipinski definition) is 3. The van der Waals surface area contributed by atoms with Gasteiger partial charge in [0.05, 0.1) is 17.6 Å². The molecule has 0 aliphatic heterocycles. The standard InChI is InChI=1S/C35H39FN4S/c1-9-10-29(33-12-11-32(41-33)21(2)3)30-17-27(40-23(30)5)14-25-13-24(16-31(36)34(25)37)26-15-28(20-38-19-26)39-22(4)18-35(6,7)8/h9-13,15-17,19-20,39-40H,1-2,4,14,18,37H2,3,5-8H3/b29-10+. The highest BCUT2D eigenvalue weighted by molar-refractivity contribution is 7.14. The van der Waals surface area contributed by atoms with Gasteiger partial charge in [-0.05, 0) is 78.8 Å². The van der Waals surface area contributed by atoms with Crippen molar-refractivity contribution >= 4 is 33.9 Å². The van der Waals surface area contributed by atoms with E-state index < -0.39 is 5.82 Å². The van der Waals surface area contributed by atoms with Crippen LogP contribution in [0, 0.1) is 18.2 Å². The fourth-order valence-corrected chi connectivity index (χ4v) is 5.86. The van der Waals surface area contributed by atoms with Crippen molar-refractivity contribution in [1.29, 1.82) is 0 Å². The summed E-state index contributed by atoms with van der Waals surface area (Å²) in [5.74, 6) is -0.449. The number of pyridine rings is 1. The third kappa shape index (κ3) is 7.33. The van der Waals surface area contributed by atoms with Crippen molar-refractivity contribution < 1.29 is 4.39 Å². The van der Waals surface area contributed by atoms with Crippen LogP contribution in [0.1, 0.15) is 66.4 Å². The number of aromatic nitrogens is 2. The van der Waals surface area contributed by atoms with E-state index >= 15 is 4.39 Å². The molecule has 4 aromatic rings. The molecule has 4 rings (SSSR count). The number of halogens is 1. The van der Waals surface area contributed by atoms with Crippen LogP contribution in [-0.4, -0.2) is 9.97 Å². The molecule has 41 heavy (non-hydrogen) atoms. The first kappa shape index (κ1) is 29.8. The van der Waals surface area contributed by atoms with Gasteiger partial charge in [-0.2, -0.15) is 0 Å². The van der Waals surface area contributed by atoms with Crippen molar-refractivity contribution in [3.63, 3.8) is 0 Å². The van der Waals surface area contributed by atoms with Crippen LogP contribution in [0.25, 0.3) is 22.3 Å². The van der Waals surface area contributed by atoms with Crippen molar-refractivity contribution in [2.75, 3.05) is 11.1 Å². The molecule has 0 saturated carbocycles. The highest BCUT2D eigenvalue weighted by Crippen LogP contribution is 2.35. The van der Waals surface area contributed by atoms with Gasteiger partial charge in [0.25, 0.3) is 0 Å². The van der Waals surface area contributed by atoms with Gasteiger partial charge in [0.2, 0.25) is 0 Å². The first-order chi connectivity index (χ1) is 19.3. The minimum Gasteiger partial charge on any atom is -0.396 e. The van der Waals surface area contributed by atoms with Crippen LogP contribution >= 0.6 is 11.3 Å². The zero-order chi connectivity index (χ0) is 29.9. The van der Waals surface area contributed by atoms with Gasteiger partial charge in [-0.15, -0.1) is 11.3 Å². The number of nitrogens with two attached hydrogens (primary N) is 1. The Morgan fingerprint density at radius 2 is 1.83 bits per heavy atom. The average molecular weight is 567 g/mol. The number of nitrogen functional groups attached to an aromatic ring is 1. The molecule has 0 aliphatic rings. The van der Waals surface area contributed by atoms with E-state index in [1.165, 1.54) is 6.07 Å². The molecule has 3 heterocycles. The number of thiophene rings is 1. The quantitative estimate of drug-likeness (QED) is 0.132. The lowest BCUT2D eigenvalue weighted by Gasteiger charge is -2.20. The summed E-state index contributed by atoms with van der Waals surface area (Å²) in [5, 5.41) is 3.34. The molecular weight excluding hydrogens is 527 g/mol. The van der Waals surface area contributed by atoms with E-state index in [0.717, 1.165) is 61.2 Å². The fourth-order valence-electron chi connectivity index (χ4n) is 4.88. The second-order valence-electron chi connectivity index (χ2n) is 11.7. The van der Waals surface area contributed by atoms with E-state index in [9.17, 15) is 0 Å². The van der Waals surface area contributed by atoms with Gasteiger partial charge < -0.3 is 16.0 Å². The Hall–Kier alpha value is -4.16. The summed E-state index contributed by atoms with van der Waals surface area (Å²) in [6.07, 6.45) is 8.57. The summed E-state index contributed by atoms with van der Waals surface area (Å²) in [5.41, 5.74) is 15.6. The number of hydrogen-bond acceptors (Lipinski definition) is 4. The molecule has 0 radical (unpaired) electrons. The predicted molar refractivity (Wildman–Crippen MR) is 176 cm³/mol. The Kier molecular flexibility index (Phi) is 8.83. The van der Waals surface area contributed by atoms with Crippen LogP contribution in [-0.2, 0) is 6.42 Å². The first-order valence-corrected chi connectivity index (χ1v) is 14.4. The number of aryl methyl sites for hydroxylation is 1. The van der Waals surface area contributed by atoms with Gasteiger partial charge >= 0.3 is 0 Å². The Labute approximate surface area is 247 Å². The van der Waals surface area contributed by atoms with Crippen LogP contribution in [0.2, 0.25) is 0 Å². The molecule has 0 spiro atoms. The van der Waals surface area contributed by atoms with E-state index in [1.54, 1.807) is 29.8 Å². The third-order valence-corrected chi connectivity index (χ3v) is 7.95. The minimum absolute atomic E-state index is 0.111. The zero-order valence-electron chi connectivity index (χ0n) is 24.6. The maximum absolute atomic E-state index is 15.1. The molecule has 0 aliphatic carbocycles. The van der Waals surface area contributed by atoms with Crippen LogP contribution in [0.4, 0.5) is 15.8 Å². The van der Waals surface area contributed by atoms with E-state index in [1.807, 2.05) is 32.1 Å². The molecule has 0 saturated heterocycles. The minimum atomic E-state index is -0.449.